The summed E-state index contributed by atoms with van der Waals surface area (Å²) < 4.78 is 17.8. The fourth-order valence-electron chi connectivity index (χ4n) is 0.738. The van der Waals surface area contributed by atoms with Gasteiger partial charge in [-0.05, 0) is 11.5 Å². The molecule has 0 aliphatic heterocycles. The number of ether oxygens (including phenoxy) is 1. The van der Waals surface area contributed by atoms with E-state index in [4.69, 9.17) is 4.74 Å². The maximum Gasteiger partial charge on any atom is 0.213 e. The van der Waals surface area contributed by atoms with Crippen molar-refractivity contribution in [2.24, 2.45) is 5.41 Å². The van der Waals surface area contributed by atoms with E-state index in [0.717, 1.165) is 6.20 Å². The van der Waals surface area contributed by atoms with Crippen molar-refractivity contribution in [3.05, 3.63) is 24.1 Å². The van der Waals surface area contributed by atoms with Crippen molar-refractivity contribution in [3.8, 4) is 5.88 Å². The van der Waals surface area contributed by atoms with E-state index < -0.39 is 0 Å². The predicted octanol–water partition coefficient (Wildman–Crippen LogP) is 2.65. The Morgan fingerprint density at radius 3 is 2.54 bits per heavy atom. The molecule has 0 bridgehead atoms. The first-order valence-electron chi connectivity index (χ1n) is 4.22. The Balaban J connectivity index is 2.51. The molecule has 1 aromatic rings. The van der Waals surface area contributed by atoms with Gasteiger partial charge in [-0.15, -0.1) is 0 Å². The Morgan fingerprint density at radius 2 is 2.08 bits per heavy atom. The fraction of sp³-hybridized carbons (Fsp3) is 0.500. The van der Waals surface area contributed by atoms with Crippen LogP contribution in [-0.2, 0) is 0 Å². The second kappa shape index (κ2) is 3.73. The first-order chi connectivity index (χ1) is 5.97. The normalized spacial score (nSPS) is 11.4. The molecule has 1 aromatic heterocycles. The molecule has 13 heavy (non-hydrogen) atoms. The number of rotatable bonds is 2. The molecule has 0 N–H and O–H groups in total. The van der Waals surface area contributed by atoms with Gasteiger partial charge in [-0.1, -0.05) is 20.8 Å². The van der Waals surface area contributed by atoms with Gasteiger partial charge < -0.3 is 4.74 Å². The molecule has 0 fully saturated rings. The molecule has 0 unspecified atom stereocenters. The Labute approximate surface area is 77.8 Å². The molecule has 0 aliphatic rings. The van der Waals surface area contributed by atoms with Crippen molar-refractivity contribution in [2.75, 3.05) is 6.61 Å². The van der Waals surface area contributed by atoms with Gasteiger partial charge in [0.15, 0.2) is 0 Å². The van der Waals surface area contributed by atoms with Gasteiger partial charge in [-0.25, -0.2) is 9.37 Å². The zero-order valence-electron chi connectivity index (χ0n) is 8.17. The Hall–Kier alpha value is -1.12. The van der Waals surface area contributed by atoms with Crippen molar-refractivity contribution in [2.45, 2.75) is 20.8 Å². The van der Waals surface area contributed by atoms with Crippen molar-refractivity contribution < 1.29 is 9.13 Å². The third-order valence-electron chi connectivity index (χ3n) is 1.35. The zero-order valence-corrected chi connectivity index (χ0v) is 8.17. The van der Waals surface area contributed by atoms with E-state index in [1.54, 1.807) is 0 Å². The molecular weight excluding hydrogens is 169 g/mol. The van der Waals surface area contributed by atoms with Gasteiger partial charge in [0, 0.05) is 6.07 Å². The van der Waals surface area contributed by atoms with Crippen LogP contribution in [0.5, 0.6) is 5.88 Å². The minimum absolute atomic E-state index is 0.0933. The molecule has 0 atom stereocenters. The predicted molar refractivity (Wildman–Crippen MR) is 49.1 cm³/mol. The average molecular weight is 183 g/mol. The quantitative estimate of drug-likeness (QED) is 0.703. The van der Waals surface area contributed by atoms with Gasteiger partial charge in [0.1, 0.15) is 5.82 Å². The molecule has 0 radical (unpaired) electrons. The zero-order chi connectivity index (χ0) is 9.90. The first kappa shape index (κ1) is 9.96. The number of hydrogen-bond donors (Lipinski definition) is 0. The summed E-state index contributed by atoms with van der Waals surface area (Å²) >= 11 is 0. The summed E-state index contributed by atoms with van der Waals surface area (Å²) in [5.74, 6) is 0.124. The smallest absolute Gasteiger partial charge is 0.213 e. The third-order valence-corrected chi connectivity index (χ3v) is 1.35. The van der Waals surface area contributed by atoms with E-state index in [9.17, 15) is 4.39 Å². The standard InChI is InChI=1S/C10H14FNO/c1-10(2,3)7-13-9-5-4-8(11)6-12-9/h4-6H,7H2,1-3H3. The lowest BCUT2D eigenvalue weighted by Gasteiger charge is -2.17. The monoisotopic (exact) mass is 183 g/mol. The van der Waals surface area contributed by atoms with Gasteiger partial charge in [0.2, 0.25) is 5.88 Å². The van der Waals surface area contributed by atoms with E-state index in [2.05, 4.69) is 25.8 Å². The van der Waals surface area contributed by atoms with Crippen LogP contribution in [0.2, 0.25) is 0 Å². The van der Waals surface area contributed by atoms with E-state index in [1.807, 2.05) is 0 Å². The summed E-state index contributed by atoms with van der Waals surface area (Å²) in [6.07, 6.45) is 1.15. The summed E-state index contributed by atoms with van der Waals surface area (Å²) in [5.41, 5.74) is 0.0933. The van der Waals surface area contributed by atoms with Crippen molar-refractivity contribution in [3.63, 3.8) is 0 Å². The van der Waals surface area contributed by atoms with Crippen LogP contribution in [0.4, 0.5) is 4.39 Å². The Morgan fingerprint density at radius 1 is 1.38 bits per heavy atom. The molecule has 0 aliphatic carbocycles. The molecule has 0 aromatic carbocycles. The largest absolute Gasteiger partial charge is 0.477 e. The van der Waals surface area contributed by atoms with E-state index in [1.165, 1.54) is 12.1 Å². The SMILES string of the molecule is CC(C)(C)COc1ccc(F)cn1. The highest BCUT2D eigenvalue weighted by atomic mass is 19.1. The molecule has 0 spiro atoms. The number of nitrogens with zero attached hydrogens (tertiary/aromatic N) is 1. The second-order valence-corrected chi connectivity index (χ2v) is 4.16. The maximum atomic E-state index is 12.4. The maximum absolute atomic E-state index is 12.4. The van der Waals surface area contributed by atoms with Crippen LogP contribution >= 0.6 is 0 Å². The number of aromatic nitrogens is 1. The lowest BCUT2D eigenvalue weighted by atomic mass is 9.99. The van der Waals surface area contributed by atoms with Crippen LogP contribution in [-0.4, -0.2) is 11.6 Å². The highest BCUT2D eigenvalue weighted by Gasteiger charge is 2.11. The fourth-order valence-corrected chi connectivity index (χ4v) is 0.738. The van der Waals surface area contributed by atoms with Crippen molar-refractivity contribution in [1.29, 1.82) is 0 Å². The molecule has 0 amide bonds. The van der Waals surface area contributed by atoms with Crippen LogP contribution < -0.4 is 4.74 Å². The first-order valence-corrected chi connectivity index (χ1v) is 4.22. The minimum atomic E-state index is -0.344. The van der Waals surface area contributed by atoms with Crippen LogP contribution in [0.3, 0.4) is 0 Å². The summed E-state index contributed by atoms with van der Waals surface area (Å²) in [6, 6.07) is 2.87. The average Bonchev–Trinajstić information content (AvgIpc) is 2.02. The van der Waals surface area contributed by atoms with Crippen LogP contribution in [0.1, 0.15) is 20.8 Å². The van der Waals surface area contributed by atoms with Crippen molar-refractivity contribution >= 4 is 0 Å². The molecule has 1 heterocycles. The number of hydrogen-bond acceptors (Lipinski definition) is 2. The Bertz CT molecular complexity index is 263. The van der Waals surface area contributed by atoms with Crippen molar-refractivity contribution in [1.82, 2.24) is 4.98 Å². The highest BCUT2D eigenvalue weighted by molar-refractivity contribution is 5.10. The van der Waals surface area contributed by atoms with Gasteiger partial charge in [-0.3, -0.25) is 0 Å². The van der Waals surface area contributed by atoms with Gasteiger partial charge in [-0.2, -0.15) is 0 Å². The number of pyridine rings is 1. The molecule has 3 heteroatoms. The Kier molecular flexibility index (Phi) is 2.86. The second-order valence-electron chi connectivity index (χ2n) is 4.16. The highest BCUT2D eigenvalue weighted by Crippen LogP contribution is 2.15. The van der Waals surface area contributed by atoms with E-state index in [-0.39, 0.29) is 11.2 Å². The van der Waals surface area contributed by atoms with Gasteiger partial charge >= 0.3 is 0 Å². The molecule has 0 saturated carbocycles. The van der Waals surface area contributed by atoms with E-state index >= 15 is 0 Å². The van der Waals surface area contributed by atoms with Crippen LogP contribution in [0, 0.1) is 11.2 Å². The summed E-state index contributed by atoms with van der Waals surface area (Å²) in [5, 5.41) is 0. The lowest BCUT2D eigenvalue weighted by Crippen LogP contribution is -2.17. The van der Waals surface area contributed by atoms with Crippen LogP contribution in [0.25, 0.3) is 0 Å². The summed E-state index contributed by atoms with van der Waals surface area (Å²) in [4.78, 5) is 3.78. The molecule has 72 valence electrons. The third kappa shape index (κ3) is 3.87. The number of halogens is 1. The minimum Gasteiger partial charge on any atom is -0.477 e. The van der Waals surface area contributed by atoms with Gasteiger partial charge in [0.05, 0.1) is 12.8 Å². The summed E-state index contributed by atoms with van der Waals surface area (Å²) in [6.45, 7) is 6.77. The molecule has 0 saturated heterocycles. The molecule has 2 nitrogen and oxygen atoms in total. The summed E-state index contributed by atoms with van der Waals surface area (Å²) in [7, 11) is 0. The van der Waals surface area contributed by atoms with Crippen LogP contribution in [0.15, 0.2) is 18.3 Å². The topological polar surface area (TPSA) is 22.1 Å². The van der Waals surface area contributed by atoms with Gasteiger partial charge in [0.25, 0.3) is 0 Å². The molecular formula is C10H14FNO. The van der Waals surface area contributed by atoms with E-state index in [0.29, 0.717) is 12.5 Å². The molecule has 1 rings (SSSR count). The lowest BCUT2D eigenvalue weighted by molar-refractivity contribution is 0.191.